The Morgan fingerprint density at radius 3 is 2.96 bits per heavy atom. The molecule has 2 saturated heterocycles. The lowest BCUT2D eigenvalue weighted by Gasteiger charge is -2.23. The number of likely N-dealkylation sites (tertiary alicyclic amines) is 1. The number of carbonyl (C=O) groups excluding carboxylic acids is 1. The van der Waals surface area contributed by atoms with E-state index in [1.54, 1.807) is 4.90 Å². The molecule has 2 aliphatic heterocycles. The van der Waals surface area contributed by atoms with Gasteiger partial charge in [-0.1, -0.05) is 18.2 Å². The average Bonchev–Trinajstić information content (AvgIpc) is 3.24. The number of hydrogen-bond acceptors (Lipinski definition) is 5. The van der Waals surface area contributed by atoms with E-state index in [2.05, 4.69) is 35.7 Å². The van der Waals surface area contributed by atoms with Crippen LogP contribution in [0.5, 0.6) is 0 Å². The Morgan fingerprint density at radius 2 is 2.21 bits per heavy atom. The number of nitriles is 1. The van der Waals surface area contributed by atoms with Gasteiger partial charge in [0.05, 0.1) is 17.5 Å². The molecule has 7 heteroatoms. The molecule has 130 valence electrons. The molecule has 1 N–H and O–H groups in total. The summed E-state index contributed by atoms with van der Waals surface area (Å²) in [4.78, 5) is 15.6. The monoisotopic (exact) mass is 383 g/mol. The van der Waals surface area contributed by atoms with Crippen molar-refractivity contribution in [3.63, 3.8) is 0 Å². The molecule has 2 fully saturated rings. The molecule has 1 unspecified atom stereocenters. The first-order valence-electron chi connectivity index (χ1n) is 8.03. The summed E-state index contributed by atoms with van der Waals surface area (Å²) in [7, 11) is 0. The van der Waals surface area contributed by atoms with Crippen molar-refractivity contribution in [3.8, 4) is 6.07 Å². The summed E-state index contributed by atoms with van der Waals surface area (Å²) < 4.78 is 0. The predicted molar refractivity (Wildman–Crippen MR) is 103 cm³/mol. The van der Waals surface area contributed by atoms with E-state index >= 15 is 0 Å². The molecule has 1 aromatic rings. The topological polar surface area (TPSA) is 56.1 Å². The molecule has 0 spiro atoms. The van der Waals surface area contributed by atoms with Crippen molar-refractivity contribution in [1.82, 2.24) is 10.2 Å². The van der Waals surface area contributed by atoms with Crippen molar-refractivity contribution < 1.29 is 4.79 Å². The van der Waals surface area contributed by atoms with Gasteiger partial charge in [-0.05, 0) is 31.4 Å². The van der Waals surface area contributed by atoms with E-state index in [9.17, 15) is 4.79 Å². The van der Waals surface area contributed by atoms with Gasteiger partial charge in [-0.25, -0.2) is 0 Å². The molecular formula is C17H22ClN3OS2. The number of benzene rings is 1. The van der Waals surface area contributed by atoms with Crippen LogP contribution in [0.4, 0.5) is 0 Å². The van der Waals surface area contributed by atoms with Crippen LogP contribution in [0.25, 0.3) is 0 Å². The highest BCUT2D eigenvalue weighted by Crippen LogP contribution is 2.27. The van der Waals surface area contributed by atoms with E-state index in [-0.39, 0.29) is 30.4 Å². The Labute approximate surface area is 158 Å². The molecule has 0 saturated carbocycles. The lowest BCUT2D eigenvalue weighted by atomic mass is 10.2. The van der Waals surface area contributed by atoms with E-state index in [1.807, 2.05) is 29.6 Å². The molecule has 2 aliphatic rings. The minimum absolute atomic E-state index is 0. The fourth-order valence-corrected chi connectivity index (χ4v) is 5.30. The second-order valence-electron chi connectivity index (χ2n) is 5.81. The summed E-state index contributed by atoms with van der Waals surface area (Å²) in [6.07, 6.45) is 2.80. The molecule has 0 aromatic heterocycles. The molecule has 0 aliphatic carbocycles. The lowest BCUT2D eigenvalue weighted by molar-refractivity contribution is -0.132. The van der Waals surface area contributed by atoms with Gasteiger partial charge >= 0.3 is 0 Å². The summed E-state index contributed by atoms with van der Waals surface area (Å²) in [5.74, 6) is 1.97. The van der Waals surface area contributed by atoms with E-state index in [0.717, 1.165) is 37.3 Å². The second kappa shape index (κ2) is 9.57. The third-order valence-electron chi connectivity index (χ3n) is 4.23. The van der Waals surface area contributed by atoms with Crippen LogP contribution in [-0.2, 0) is 4.79 Å². The Bertz CT molecular complexity index is 581. The van der Waals surface area contributed by atoms with Gasteiger partial charge in [0.1, 0.15) is 6.04 Å². The number of carbonyl (C=O) groups is 1. The van der Waals surface area contributed by atoms with Crippen molar-refractivity contribution in [2.45, 2.75) is 41.6 Å². The van der Waals surface area contributed by atoms with E-state index in [4.69, 9.17) is 5.26 Å². The number of halogens is 1. The van der Waals surface area contributed by atoms with Gasteiger partial charge in [0.15, 0.2) is 0 Å². The molecule has 4 nitrogen and oxygen atoms in total. The maximum Gasteiger partial charge on any atom is 0.241 e. The standard InChI is InChI=1S/C17H21N3OS2.ClH/c18-11-13-5-4-9-20(13)17(21)15-12-23-16(19-15)8-10-22-14-6-2-1-3-7-14;/h1-3,6-7,13,15-16,19H,4-5,8-10,12H2;1H/t13-,15-,16?;/m0./s1. The van der Waals surface area contributed by atoms with Crippen molar-refractivity contribution in [1.29, 1.82) is 5.26 Å². The largest absolute Gasteiger partial charge is 0.325 e. The zero-order valence-electron chi connectivity index (χ0n) is 13.4. The van der Waals surface area contributed by atoms with E-state index in [0.29, 0.717) is 5.37 Å². The van der Waals surface area contributed by atoms with Crippen LogP contribution in [-0.4, -0.2) is 46.3 Å². The third-order valence-corrected chi connectivity index (χ3v) is 6.57. The van der Waals surface area contributed by atoms with Crippen LogP contribution >= 0.6 is 35.9 Å². The van der Waals surface area contributed by atoms with Crippen LogP contribution in [0, 0.1) is 11.3 Å². The van der Waals surface area contributed by atoms with Crippen molar-refractivity contribution in [3.05, 3.63) is 30.3 Å². The SMILES string of the molecule is Cl.N#C[C@@H]1CCCN1C(=O)[C@@H]1CSC(CCSc2ccccc2)N1. The Hall–Kier alpha value is -0.870. The fraction of sp³-hybridized carbons (Fsp3) is 0.529. The second-order valence-corrected chi connectivity index (χ2v) is 8.21. The van der Waals surface area contributed by atoms with Crippen molar-refractivity contribution >= 4 is 41.8 Å². The highest BCUT2D eigenvalue weighted by Gasteiger charge is 2.36. The van der Waals surface area contributed by atoms with Gasteiger partial charge in [-0.3, -0.25) is 10.1 Å². The molecule has 0 radical (unpaired) electrons. The summed E-state index contributed by atoms with van der Waals surface area (Å²) in [6.45, 7) is 0.731. The molecule has 2 heterocycles. The first kappa shape index (κ1) is 19.5. The number of nitrogens with zero attached hydrogens (tertiary/aromatic N) is 2. The lowest BCUT2D eigenvalue weighted by Crippen LogP contribution is -2.47. The van der Waals surface area contributed by atoms with Gasteiger partial charge < -0.3 is 4.90 Å². The number of amides is 1. The van der Waals surface area contributed by atoms with Crippen LogP contribution in [0.2, 0.25) is 0 Å². The molecule has 1 amide bonds. The highest BCUT2D eigenvalue weighted by atomic mass is 35.5. The van der Waals surface area contributed by atoms with Gasteiger partial charge in [-0.2, -0.15) is 5.26 Å². The highest BCUT2D eigenvalue weighted by molar-refractivity contribution is 8.00. The summed E-state index contributed by atoms with van der Waals surface area (Å²) in [6, 6.07) is 12.3. The molecule has 0 bridgehead atoms. The zero-order valence-corrected chi connectivity index (χ0v) is 15.8. The van der Waals surface area contributed by atoms with Crippen LogP contribution < -0.4 is 5.32 Å². The van der Waals surface area contributed by atoms with Crippen LogP contribution in [0.1, 0.15) is 19.3 Å². The van der Waals surface area contributed by atoms with Crippen molar-refractivity contribution in [2.24, 2.45) is 0 Å². The predicted octanol–water partition coefficient (Wildman–Crippen LogP) is 3.14. The maximum absolute atomic E-state index is 12.6. The van der Waals surface area contributed by atoms with Gasteiger partial charge in [-0.15, -0.1) is 35.9 Å². The molecule has 1 aromatic carbocycles. The Balaban J connectivity index is 0.00000208. The first-order valence-corrected chi connectivity index (χ1v) is 10.1. The van der Waals surface area contributed by atoms with E-state index < -0.39 is 0 Å². The minimum Gasteiger partial charge on any atom is -0.325 e. The summed E-state index contributed by atoms with van der Waals surface area (Å²) >= 11 is 3.68. The molecular weight excluding hydrogens is 362 g/mol. The first-order chi connectivity index (χ1) is 11.3. The molecule has 24 heavy (non-hydrogen) atoms. The van der Waals surface area contributed by atoms with Crippen molar-refractivity contribution in [2.75, 3.05) is 18.1 Å². The summed E-state index contributed by atoms with van der Waals surface area (Å²) in [5, 5.41) is 12.9. The normalized spacial score (nSPS) is 26.0. The summed E-state index contributed by atoms with van der Waals surface area (Å²) in [5.41, 5.74) is 0. The fourth-order valence-electron chi connectivity index (χ4n) is 3.01. The third kappa shape index (κ3) is 4.82. The number of hydrogen-bond donors (Lipinski definition) is 1. The smallest absolute Gasteiger partial charge is 0.241 e. The Kier molecular flexibility index (Phi) is 7.76. The zero-order chi connectivity index (χ0) is 16.1. The number of rotatable bonds is 5. The quantitative estimate of drug-likeness (QED) is 0.791. The number of nitrogens with one attached hydrogen (secondary N) is 1. The Morgan fingerprint density at radius 1 is 1.42 bits per heavy atom. The maximum atomic E-state index is 12.6. The number of thioether (sulfide) groups is 2. The van der Waals surface area contributed by atoms with Crippen LogP contribution in [0.3, 0.4) is 0 Å². The minimum atomic E-state index is -0.220. The van der Waals surface area contributed by atoms with Gasteiger partial charge in [0.25, 0.3) is 0 Å². The van der Waals surface area contributed by atoms with Gasteiger partial charge in [0, 0.05) is 22.9 Å². The molecule has 3 atom stereocenters. The molecule has 3 rings (SSSR count). The van der Waals surface area contributed by atoms with Gasteiger partial charge in [0.2, 0.25) is 5.91 Å². The van der Waals surface area contributed by atoms with Crippen LogP contribution in [0.15, 0.2) is 35.2 Å². The van der Waals surface area contributed by atoms with E-state index in [1.165, 1.54) is 4.90 Å². The average molecular weight is 384 g/mol.